The van der Waals surface area contributed by atoms with Crippen LogP contribution in [-0.2, 0) is 23.1 Å². The molecular formula is C18H17N3O4S. The molecular weight excluding hydrogens is 354 g/mol. The molecule has 1 aromatic carbocycles. The maximum atomic E-state index is 12.9. The summed E-state index contributed by atoms with van der Waals surface area (Å²) in [4.78, 5) is 30.9. The summed E-state index contributed by atoms with van der Waals surface area (Å²) in [5.41, 5.74) is 3.33. The number of hydrogen-bond donors (Lipinski definition) is 0. The molecule has 0 atom stereocenters. The summed E-state index contributed by atoms with van der Waals surface area (Å²) in [5.74, 6) is -0.822. The fraction of sp³-hybridized carbons (Fsp3) is 0.278. The SMILES string of the molecule is CCN1C(=O)c2ccc(C(=O)N3Cc4nccc(C)c4C3)cc2S1(=O)=O. The van der Waals surface area contributed by atoms with Crippen LogP contribution in [0.25, 0.3) is 0 Å². The number of fused-ring (bicyclic) bond motifs is 2. The molecule has 1 aromatic heterocycles. The fourth-order valence-electron chi connectivity index (χ4n) is 3.47. The van der Waals surface area contributed by atoms with Gasteiger partial charge in [0.2, 0.25) is 0 Å². The molecule has 0 aliphatic carbocycles. The van der Waals surface area contributed by atoms with Gasteiger partial charge in [-0.2, -0.15) is 0 Å². The van der Waals surface area contributed by atoms with Crippen molar-refractivity contribution in [2.45, 2.75) is 31.8 Å². The number of benzene rings is 1. The first-order valence-corrected chi connectivity index (χ1v) is 9.72. The summed E-state index contributed by atoms with van der Waals surface area (Å²) >= 11 is 0. The Morgan fingerprint density at radius 2 is 2.00 bits per heavy atom. The van der Waals surface area contributed by atoms with Crippen molar-refractivity contribution in [3.8, 4) is 0 Å². The van der Waals surface area contributed by atoms with E-state index >= 15 is 0 Å². The lowest BCUT2D eigenvalue weighted by molar-refractivity contribution is 0.0749. The van der Waals surface area contributed by atoms with Gasteiger partial charge in [0, 0.05) is 24.8 Å². The van der Waals surface area contributed by atoms with Gasteiger partial charge in [0.05, 0.1) is 17.8 Å². The average molecular weight is 371 g/mol. The Morgan fingerprint density at radius 1 is 1.23 bits per heavy atom. The van der Waals surface area contributed by atoms with Crippen LogP contribution in [-0.4, -0.2) is 41.0 Å². The maximum absolute atomic E-state index is 12.9. The molecule has 0 saturated carbocycles. The Kier molecular flexibility index (Phi) is 3.62. The van der Waals surface area contributed by atoms with Crippen LogP contribution in [0.4, 0.5) is 0 Å². The molecule has 0 saturated heterocycles. The van der Waals surface area contributed by atoms with Gasteiger partial charge < -0.3 is 4.90 Å². The minimum Gasteiger partial charge on any atom is -0.328 e. The second-order valence-electron chi connectivity index (χ2n) is 6.40. The highest BCUT2D eigenvalue weighted by Crippen LogP contribution is 2.32. The number of rotatable bonds is 2. The van der Waals surface area contributed by atoms with Crippen molar-refractivity contribution in [2.75, 3.05) is 6.54 Å². The van der Waals surface area contributed by atoms with Crippen molar-refractivity contribution in [3.05, 3.63) is 58.4 Å². The van der Waals surface area contributed by atoms with Gasteiger partial charge in [-0.1, -0.05) is 0 Å². The van der Waals surface area contributed by atoms with Crippen LogP contribution in [0.1, 0.15) is 44.5 Å². The topological polar surface area (TPSA) is 87.7 Å². The second kappa shape index (κ2) is 5.63. The summed E-state index contributed by atoms with van der Waals surface area (Å²) in [6.07, 6.45) is 1.72. The Bertz CT molecular complexity index is 1060. The molecule has 2 aliphatic rings. The van der Waals surface area contributed by atoms with Crippen molar-refractivity contribution in [1.82, 2.24) is 14.2 Å². The minimum absolute atomic E-state index is 0.0610. The molecule has 2 aromatic rings. The van der Waals surface area contributed by atoms with E-state index in [9.17, 15) is 18.0 Å². The van der Waals surface area contributed by atoms with E-state index in [1.807, 2.05) is 13.0 Å². The third-order valence-electron chi connectivity index (χ3n) is 4.90. The van der Waals surface area contributed by atoms with Gasteiger partial charge in [0.1, 0.15) is 4.90 Å². The Labute approximate surface area is 151 Å². The molecule has 0 bridgehead atoms. The maximum Gasteiger partial charge on any atom is 0.268 e. The van der Waals surface area contributed by atoms with E-state index in [4.69, 9.17) is 0 Å². The third kappa shape index (κ3) is 2.25. The van der Waals surface area contributed by atoms with E-state index in [0.717, 1.165) is 21.1 Å². The minimum atomic E-state index is -3.88. The van der Waals surface area contributed by atoms with Gasteiger partial charge in [-0.25, -0.2) is 12.7 Å². The van der Waals surface area contributed by atoms with Gasteiger partial charge >= 0.3 is 0 Å². The van der Waals surface area contributed by atoms with Crippen LogP contribution in [0.2, 0.25) is 0 Å². The van der Waals surface area contributed by atoms with Crippen LogP contribution in [0, 0.1) is 6.92 Å². The monoisotopic (exact) mass is 371 g/mol. The number of carbonyl (C=O) groups excluding carboxylic acids is 2. The summed E-state index contributed by atoms with van der Waals surface area (Å²) in [6.45, 7) is 4.47. The lowest BCUT2D eigenvalue weighted by Gasteiger charge is -2.15. The molecule has 26 heavy (non-hydrogen) atoms. The molecule has 0 spiro atoms. The Morgan fingerprint density at radius 3 is 2.69 bits per heavy atom. The highest BCUT2D eigenvalue weighted by atomic mass is 32.2. The predicted octanol–water partition coefficient (Wildman–Crippen LogP) is 1.71. The molecule has 8 heteroatoms. The highest BCUT2D eigenvalue weighted by molar-refractivity contribution is 7.90. The smallest absolute Gasteiger partial charge is 0.268 e. The number of sulfonamides is 1. The highest BCUT2D eigenvalue weighted by Gasteiger charge is 2.41. The quantitative estimate of drug-likeness (QED) is 0.802. The lowest BCUT2D eigenvalue weighted by Crippen LogP contribution is -2.29. The van der Waals surface area contributed by atoms with E-state index in [-0.39, 0.29) is 28.5 Å². The number of amides is 2. The van der Waals surface area contributed by atoms with Crippen LogP contribution < -0.4 is 0 Å². The molecule has 2 amide bonds. The van der Waals surface area contributed by atoms with Gasteiger partial charge in [0.25, 0.3) is 21.8 Å². The normalized spacial score (nSPS) is 17.4. The molecule has 0 N–H and O–H groups in total. The summed E-state index contributed by atoms with van der Waals surface area (Å²) in [6, 6.07) is 6.14. The molecule has 3 heterocycles. The van der Waals surface area contributed by atoms with Gasteiger partial charge in [-0.15, -0.1) is 0 Å². The Hall–Kier alpha value is -2.74. The largest absolute Gasteiger partial charge is 0.328 e. The van der Waals surface area contributed by atoms with Gasteiger partial charge in [0.15, 0.2) is 0 Å². The van der Waals surface area contributed by atoms with E-state index in [1.165, 1.54) is 18.2 Å². The van der Waals surface area contributed by atoms with Gasteiger partial charge in [-0.3, -0.25) is 14.6 Å². The first-order valence-electron chi connectivity index (χ1n) is 8.28. The van der Waals surface area contributed by atoms with Crippen LogP contribution >= 0.6 is 0 Å². The molecule has 7 nitrogen and oxygen atoms in total. The molecule has 0 unspecified atom stereocenters. The summed E-state index contributed by atoms with van der Waals surface area (Å²) in [7, 11) is -3.88. The van der Waals surface area contributed by atoms with E-state index < -0.39 is 15.9 Å². The average Bonchev–Trinajstić information content (AvgIpc) is 3.13. The standard InChI is InChI=1S/C18H17N3O4S/c1-3-21-18(23)13-5-4-12(8-16(13)26(21,24)25)17(22)20-9-14-11(2)6-7-19-15(14)10-20/h4-8H,3,9-10H2,1-2H3. The van der Waals surface area contributed by atoms with Crippen LogP contribution in [0.15, 0.2) is 35.4 Å². The summed E-state index contributed by atoms with van der Waals surface area (Å²) < 4.78 is 25.9. The van der Waals surface area contributed by atoms with E-state index in [2.05, 4.69) is 4.98 Å². The number of hydrogen-bond acceptors (Lipinski definition) is 5. The van der Waals surface area contributed by atoms with Crippen molar-refractivity contribution < 1.29 is 18.0 Å². The zero-order valence-corrected chi connectivity index (χ0v) is 15.2. The molecule has 2 aliphatic heterocycles. The third-order valence-corrected chi connectivity index (χ3v) is 6.79. The number of aryl methyl sites for hydroxylation is 1. The van der Waals surface area contributed by atoms with Crippen LogP contribution in [0.3, 0.4) is 0 Å². The molecule has 0 fully saturated rings. The molecule has 134 valence electrons. The number of carbonyl (C=O) groups is 2. The first-order chi connectivity index (χ1) is 12.3. The number of nitrogens with zero attached hydrogens (tertiary/aromatic N) is 3. The van der Waals surface area contributed by atoms with E-state index in [1.54, 1.807) is 18.0 Å². The Balaban J connectivity index is 1.69. The lowest BCUT2D eigenvalue weighted by atomic mass is 10.1. The zero-order valence-electron chi connectivity index (χ0n) is 14.4. The van der Waals surface area contributed by atoms with Crippen LogP contribution in [0.5, 0.6) is 0 Å². The van der Waals surface area contributed by atoms with Crippen molar-refractivity contribution in [1.29, 1.82) is 0 Å². The first kappa shape index (κ1) is 16.7. The zero-order chi connectivity index (χ0) is 18.6. The second-order valence-corrected chi connectivity index (χ2v) is 8.23. The van der Waals surface area contributed by atoms with Crippen molar-refractivity contribution in [2.24, 2.45) is 0 Å². The van der Waals surface area contributed by atoms with Gasteiger partial charge in [-0.05, 0) is 49.2 Å². The predicted molar refractivity (Wildman–Crippen MR) is 92.9 cm³/mol. The fourth-order valence-corrected chi connectivity index (χ4v) is 5.08. The molecule has 4 rings (SSSR count). The summed E-state index contributed by atoms with van der Waals surface area (Å²) in [5, 5.41) is 0. The van der Waals surface area contributed by atoms with Crippen molar-refractivity contribution >= 4 is 21.8 Å². The number of aromatic nitrogens is 1. The van der Waals surface area contributed by atoms with E-state index in [0.29, 0.717) is 13.1 Å². The molecule has 0 radical (unpaired) electrons. The van der Waals surface area contributed by atoms with Crippen molar-refractivity contribution in [3.63, 3.8) is 0 Å². The number of pyridine rings is 1.